The Morgan fingerprint density at radius 1 is 1.24 bits per heavy atom. The minimum atomic E-state index is 0.688. The summed E-state index contributed by atoms with van der Waals surface area (Å²) in [5, 5.41) is 6.78. The van der Waals surface area contributed by atoms with Gasteiger partial charge in [0.25, 0.3) is 0 Å². The lowest BCUT2D eigenvalue weighted by atomic mass is 10.00. The minimum Gasteiger partial charge on any atom is -0.493 e. The molecule has 3 heteroatoms. The molecule has 17 heavy (non-hydrogen) atoms. The highest BCUT2D eigenvalue weighted by molar-refractivity contribution is 5.41. The van der Waals surface area contributed by atoms with E-state index in [0.717, 1.165) is 45.0 Å². The van der Waals surface area contributed by atoms with Crippen LogP contribution in [0.25, 0.3) is 0 Å². The van der Waals surface area contributed by atoms with E-state index in [1.807, 2.05) is 0 Å². The van der Waals surface area contributed by atoms with Crippen molar-refractivity contribution in [2.24, 2.45) is 5.92 Å². The molecule has 0 saturated carbocycles. The number of hydrogen-bond donors (Lipinski definition) is 2. The van der Waals surface area contributed by atoms with Crippen molar-refractivity contribution in [2.45, 2.75) is 19.4 Å². The summed E-state index contributed by atoms with van der Waals surface area (Å²) in [5.41, 5.74) is 2.82. The summed E-state index contributed by atoms with van der Waals surface area (Å²) in [6, 6.07) is 6.42. The molecule has 1 aromatic carbocycles. The van der Waals surface area contributed by atoms with Gasteiger partial charge in [-0.05, 0) is 43.1 Å². The van der Waals surface area contributed by atoms with Gasteiger partial charge in [-0.25, -0.2) is 0 Å². The van der Waals surface area contributed by atoms with E-state index in [2.05, 4.69) is 28.8 Å². The number of benzene rings is 1. The van der Waals surface area contributed by atoms with E-state index in [4.69, 9.17) is 4.74 Å². The van der Waals surface area contributed by atoms with Crippen LogP contribution in [0, 0.1) is 5.92 Å². The molecule has 3 rings (SSSR count). The van der Waals surface area contributed by atoms with Gasteiger partial charge in [0.2, 0.25) is 0 Å². The van der Waals surface area contributed by atoms with Gasteiger partial charge in [0.15, 0.2) is 0 Å². The fourth-order valence-electron chi connectivity index (χ4n) is 2.70. The van der Waals surface area contributed by atoms with Crippen molar-refractivity contribution in [3.63, 3.8) is 0 Å². The summed E-state index contributed by atoms with van der Waals surface area (Å²) in [4.78, 5) is 0. The molecule has 1 fully saturated rings. The van der Waals surface area contributed by atoms with Crippen molar-refractivity contribution in [3.05, 3.63) is 29.3 Å². The van der Waals surface area contributed by atoms with E-state index in [1.165, 1.54) is 17.5 Å². The lowest BCUT2D eigenvalue weighted by molar-refractivity contribution is 0.257. The fourth-order valence-corrected chi connectivity index (χ4v) is 2.70. The van der Waals surface area contributed by atoms with Crippen LogP contribution in [0.4, 0.5) is 0 Å². The topological polar surface area (TPSA) is 33.3 Å². The van der Waals surface area contributed by atoms with E-state index < -0.39 is 0 Å². The molecule has 0 spiro atoms. The monoisotopic (exact) mass is 232 g/mol. The van der Waals surface area contributed by atoms with Crippen LogP contribution in [0.3, 0.4) is 0 Å². The molecule has 1 atom stereocenters. The van der Waals surface area contributed by atoms with Gasteiger partial charge < -0.3 is 15.4 Å². The largest absolute Gasteiger partial charge is 0.493 e. The maximum Gasteiger partial charge on any atom is 0.122 e. The van der Waals surface area contributed by atoms with E-state index in [1.54, 1.807) is 0 Å². The van der Waals surface area contributed by atoms with Gasteiger partial charge in [0.1, 0.15) is 5.75 Å². The van der Waals surface area contributed by atoms with Gasteiger partial charge in [-0.2, -0.15) is 0 Å². The molecule has 0 amide bonds. The van der Waals surface area contributed by atoms with Gasteiger partial charge in [-0.3, -0.25) is 0 Å². The lowest BCUT2D eigenvalue weighted by Crippen LogP contribution is -2.24. The van der Waals surface area contributed by atoms with Crippen LogP contribution in [-0.4, -0.2) is 26.2 Å². The zero-order chi connectivity index (χ0) is 11.5. The summed E-state index contributed by atoms with van der Waals surface area (Å²) >= 11 is 0. The zero-order valence-electron chi connectivity index (χ0n) is 10.2. The third kappa shape index (κ3) is 2.45. The summed E-state index contributed by atoms with van der Waals surface area (Å²) < 4.78 is 6.02. The van der Waals surface area contributed by atoms with Crippen molar-refractivity contribution in [1.29, 1.82) is 0 Å². The second-order valence-corrected chi connectivity index (χ2v) is 4.99. The van der Waals surface area contributed by atoms with Crippen LogP contribution >= 0.6 is 0 Å². The van der Waals surface area contributed by atoms with Crippen LogP contribution < -0.4 is 15.4 Å². The second kappa shape index (κ2) is 5.07. The van der Waals surface area contributed by atoms with Crippen molar-refractivity contribution in [2.75, 3.05) is 26.2 Å². The zero-order valence-corrected chi connectivity index (χ0v) is 10.2. The van der Waals surface area contributed by atoms with Gasteiger partial charge in [-0.1, -0.05) is 12.1 Å². The molecule has 0 bridgehead atoms. The summed E-state index contributed by atoms with van der Waals surface area (Å²) in [6.45, 7) is 5.16. The Balaban J connectivity index is 1.69. The van der Waals surface area contributed by atoms with Crippen molar-refractivity contribution in [3.8, 4) is 5.75 Å². The average Bonchev–Trinajstić information content (AvgIpc) is 2.89. The Hall–Kier alpha value is -1.06. The molecule has 1 aromatic rings. The molecule has 92 valence electrons. The smallest absolute Gasteiger partial charge is 0.122 e. The summed E-state index contributed by atoms with van der Waals surface area (Å²) in [7, 11) is 0. The Labute approximate surface area is 103 Å². The molecule has 2 N–H and O–H groups in total. The van der Waals surface area contributed by atoms with Gasteiger partial charge >= 0.3 is 0 Å². The first-order valence-corrected chi connectivity index (χ1v) is 6.58. The highest BCUT2D eigenvalue weighted by atomic mass is 16.5. The van der Waals surface area contributed by atoms with Crippen LogP contribution in [0.1, 0.15) is 17.5 Å². The standard InChI is InChI=1S/C14H20N2O/c1-2-12-9-16-7-5-13(12)14(3-1)17-10-11-4-6-15-8-11/h1-3,11,15-16H,4-10H2. The number of rotatable bonds is 3. The molecule has 2 aliphatic rings. The van der Waals surface area contributed by atoms with Crippen LogP contribution in [0.15, 0.2) is 18.2 Å². The number of nitrogens with one attached hydrogen (secondary N) is 2. The van der Waals surface area contributed by atoms with Crippen molar-refractivity contribution in [1.82, 2.24) is 10.6 Å². The highest BCUT2D eigenvalue weighted by Gasteiger charge is 2.17. The first kappa shape index (κ1) is 11.1. The Morgan fingerprint density at radius 2 is 2.24 bits per heavy atom. The average molecular weight is 232 g/mol. The normalized spacial score (nSPS) is 23.4. The first-order valence-electron chi connectivity index (χ1n) is 6.58. The minimum absolute atomic E-state index is 0.688. The third-order valence-corrected chi connectivity index (χ3v) is 3.73. The van der Waals surface area contributed by atoms with Crippen molar-refractivity contribution >= 4 is 0 Å². The summed E-state index contributed by atoms with van der Waals surface area (Å²) in [6.07, 6.45) is 2.34. The fraction of sp³-hybridized carbons (Fsp3) is 0.571. The molecule has 3 nitrogen and oxygen atoms in total. The molecular formula is C14H20N2O. The molecule has 1 unspecified atom stereocenters. The maximum absolute atomic E-state index is 6.02. The van der Waals surface area contributed by atoms with E-state index in [0.29, 0.717) is 5.92 Å². The van der Waals surface area contributed by atoms with E-state index >= 15 is 0 Å². The molecule has 0 aromatic heterocycles. The molecule has 2 heterocycles. The molecular weight excluding hydrogens is 212 g/mol. The second-order valence-electron chi connectivity index (χ2n) is 4.99. The summed E-state index contributed by atoms with van der Waals surface area (Å²) in [5.74, 6) is 1.79. The predicted octanol–water partition coefficient (Wildman–Crippen LogP) is 1.32. The molecule has 1 saturated heterocycles. The van der Waals surface area contributed by atoms with E-state index in [9.17, 15) is 0 Å². The maximum atomic E-state index is 6.02. The van der Waals surface area contributed by atoms with Gasteiger partial charge in [0, 0.05) is 19.0 Å². The van der Waals surface area contributed by atoms with Crippen molar-refractivity contribution < 1.29 is 4.74 Å². The number of fused-ring (bicyclic) bond motifs is 1. The highest BCUT2D eigenvalue weighted by Crippen LogP contribution is 2.26. The quantitative estimate of drug-likeness (QED) is 0.824. The molecule has 0 aliphatic carbocycles. The molecule has 0 radical (unpaired) electrons. The molecule has 2 aliphatic heterocycles. The van der Waals surface area contributed by atoms with Gasteiger partial charge in [0.05, 0.1) is 6.61 Å². The Bertz CT molecular complexity index is 386. The van der Waals surface area contributed by atoms with Crippen LogP contribution in [0.2, 0.25) is 0 Å². The lowest BCUT2D eigenvalue weighted by Gasteiger charge is -2.21. The Morgan fingerprint density at radius 3 is 3.12 bits per heavy atom. The van der Waals surface area contributed by atoms with Crippen LogP contribution in [0.5, 0.6) is 5.75 Å². The number of ether oxygens (including phenoxy) is 1. The Kier molecular flexibility index (Phi) is 3.29. The van der Waals surface area contributed by atoms with Crippen LogP contribution in [-0.2, 0) is 13.0 Å². The van der Waals surface area contributed by atoms with E-state index in [-0.39, 0.29) is 0 Å². The third-order valence-electron chi connectivity index (χ3n) is 3.73. The first-order chi connectivity index (χ1) is 8.43. The van der Waals surface area contributed by atoms with Gasteiger partial charge in [-0.15, -0.1) is 0 Å². The predicted molar refractivity (Wildman–Crippen MR) is 68.3 cm³/mol. The number of hydrogen-bond acceptors (Lipinski definition) is 3. The SMILES string of the molecule is c1cc2c(c(OCC3CCNC3)c1)CCNC2.